The van der Waals surface area contributed by atoms with Gasteiger partial charge in [0.1, 0.15) is 5.75 Å². The molecule has 0 saturated heterocycles. The number of carbonyl (C=O) groups excluding carboxylic acids is 1. The van der Waals surface area contributed by atoms with Crippen molar-refractivity contribution < 1.29 is 9.53 Å². The molecule has 0 radical (unpaired) electrons. The van der Waals surface area contributed by atoms with E-state index in [0.717, 1.165) is 18.6 Å². The van der Waals surface area contributed by atoms with Gasteiger partial charge in [-0.15, -0.1) is 0 Å². The Morgan fingerprint density at radius 1 is 1.43 bits per heavy atom. The molecule has 0 heterocycles. The Morgan fingerprint density at radius 3 is 2.74 bits per heavy atom. The van der Waals surface area contributed by atoms with Crippen LogP contribution < -0.4 is 10.2 Å². The van der Waals surface area contributed by atoms with Crippen LogP contribution >= 0.6 is 0 Å². The monoisotopic (exact) mass is 313 g/mol. The van der Waals surface area contributed by atoms with E-state index in [2.05, 4.69) is 31.3 Å². The summed E-state index contributed by atoms with van der Waals surface area (Å²) >= 11 is 0. The van der Waals surface area contributed by atoms with Crippen LogP contribution in [0, 0.1) is 22.7 Å². The zero-order valence-corrected chi connectivity index (χ0v) is 13.9. The highest BCUT2D eigenvalue weighted by Gasteiger charge is 2.29. The SMILES string of the molecule is C[C@H]1C/C(=N/NC(=O)COc2ccc(C#N)cc2)CC(C)(C)C1. The van der Waals surface area contributed by atoms with E-state index in [9.17, 15) is 4.79 Å². The fourth-order valence-corrected chi connectivity index (χ4v) is 3.15. The fraction of sp³-hybridized carbons (Fsp3) is 0.500. The van der Waals surface area contributed by atoms with Crippen molar-refractivity contribution >= 4 is 11.6 Å². The number of nitriles is 1. The van der Waals surface area contributed by atoms with Gasteiger partial charge in [0.25, 0.3) is 5.91 Å². The lowest BCUT2D eigenvalue weighted by atomic mass is 9.72. The lowest BCUT2D eigenvalue weighted by Gasteiger charge is -2.34. The second-order valence-corrected chi connectivity index (χ2v) is 6.99. The van der Waals surface area contributed by atoms with Crippen molar-refractivity contribution in [3.63, 3.8) is 0 Å². The maximum absolute atomic E-state index is 11.8. The summed E-state index contributed by atoms with van der Waals surface area (Å²) in [6.45, 7) is 6.58. The molecule has 0 spiro atoms. The first-order chi connectivity index (χ1) is 10.9. The zero-order chi connectivity index (χ0) is 16.9. The lowest BCUT2D eigenvalue weighted by molar-refractivity contribution is -0.123. The van der Waals surface area contributed by atoms with E-state index in [1.807, 2.05) is 6.07 Å². The van der Waals surface area contributed by atoms with Crippen LogP contribution in [0.15, 0.2) is 29.4 Å². The Kier molecular flexibility index (Phi) is 5.38. The molecule has 1 aromatic rings. The first-order valence-corrected chi connectivity index (χ1v) is 7.85. The van der Waals surface area contributed by atoms with Crippen molar-refractivity contribution in [3.8, 4) is 11.8 Å². The maximum Gasteiger partial charge on any atom is 0.277 e. The molecule has 1 amide bonds. The molecule has 1 aliphatic rings. The normalized spacial score (nSPS) is 21.5. The molecule has 23 heavy (non-hydrogen) atoms. The molecule has 5 nitrogen and oxygen atoms in total. The Morgan fingerprint density at radius 2 is 2.13 bits per heavy atom. The minimum atomic E-state index is -0.280. The van der Waals surface area contributed by atoms with Crippen molar-refractivity contribution in [2.75, 3.05) is 6.61 Å². The molecule has 1 saturated carbocycles. The predicted molar refractivity (Wildman–Crippen MR) is 89.0 cm³/mol. The maximum atomic E-state index is 11.8. The van der Waals surface area contributed by atoms with E-state index in [-0.39, 0.29) is 17.9 Å². The third-order valence-corrected chi connectivity index (χ3v) is 3.86. The summed E-state index contributed by atoms with van der Waals surface area (Å²) in [5.74, 6) is 0.862. The van der Waals surface area contributed by atoms with Gasteiger partial charge in [0, 0.05) is 5.71 Å². The quantitative estimate of drug-likeness (QED) is 0.867. The average Bonchev–Trinajstić information content (AvgIpc) is 2.49. The molecule has 0 aromatic heterocycles. The number of hydrazone groups is 1. The summed E-state index contributed by atoms with van der Waals surface area (Å²) in [6.07, 6.45) is 3.02. The molecular formula is C18H23N3O2. The van der Waals surface area contributed by atoms with E-state index < -0.39 is 0 Å². The summed E-state index contributed by atoms with van der Waals surface area (Å²) in [5, 5.41) is 13.0. The van der Waals surface area contributed by atoms with Crippen molar-refractivity contribution in [2.45, 2.75) is 40.0 Å². The largest absolute Gasteiger partial charge is 0.484 e. The number of hydrogen-bond donors (Lipinski definition) is 1. The first kappa shape index (κ1) is 17.0. The second-order valence-electron chi connectivity index (χ2n) is 6.99. The number of benzene rings is 1. The van der Waals surface area contributed by atoms with E-state index in [0.29, 0.717) is 17.2 Å². The number of hydrogen-bond acceptors (Lipinski definition) is 4. The van der Waals surface area contributed by atoms with Crippen LogP contribution in [0.2, 0.25) is 0 Å². The molecular weight excluding hydrogens is 290 g/mol. The third kappa shape index (κ3) is 5.41. The Labute approximate surface area is 137 Å². The van der Waals surface area contributed by atoms with Gasteiger partial charge in [-0.25, -0.2) is 5.43 Å². The molecule has 122 valence electrons. The number of nitrogens with one attached hydrogen (secondary N) is 1. The van der Waals surface area contributed by atoms with Gasteiger partial charge < -0.3 is 4.74 Å². The zero-order valence-electron chi connectivity index (χ0n) is 13.9. The van der Waals surface area contributed by atoms with Crippen LogP contribution in [-0.2, 0) is 4.79 Å². The average molecular weight is 313 g/mol. The van der Waals surface area contributed by atoms with E-state index >= 15 is 0 Å². The minimum absolute atomic E-state index is 0.0956. The summed E-state index contributed by atoms with van der Waals surface area (Å²) < 4.78 is 5.38. The van der Waals surface area contributed by atoms with E-state index in [4.69, 9.17) is 10.00 Å². The molecule has 1 fully saturated rings. The van der Waals surface area contributed by atoms with Crippen molar-refractivity contribution in [1.82, 2.24) is 5.43 Å². The summed E-state index contributed by atoms with van der Waals surface area (Å²) in [5.41, 5.74) is 4.41. The standard InChI is InChI=1S/C18H23N3O2/c1-13-8-15(10-18(2,3)9-13)20-21-17(22)12-23-16-6-4-14(11-19)5-7-16/h4-7,13H,8-10,12H2,1-3H3,(H,21,22)/b20-15-/t13-/m0/s1. The van der Waals surface area contributed by atoms with E-state index in [1.165, 1.54) is 6.42 Å². The van der Waals surface area contributed by atoms with Crippen molar-refractivity contribution in [1.29, 1.82) is 5.26 Å². The molecule has 0 unspecified atom stereocenters. The second kappa shape index (κ2) is 7.28. The van der Waals surface area contributed by atoms with Crippen LogP contribution in [0.3, 0.4) is 0 Å². The Hall–Kier alpha value is -2.35. The highest BCUT2D eigenvalue weighted by Crippen LogP contribution is 2.36. The lowest BCUT2D eigenvalue weighted by Crippen LogP contribution is -2.31. The first-order valence-electron chi connectivity index (χ1n) is 7.85. The minimum Gasteiger partial charge on any atom is -0.484 e. The van der Waals surface area contributed by atoms with Gasteiger partial charge in [-0.2, -0.15) is 10.4 Å². The highest BCUT2D eigenvalue weighted by atomic mass is 16.5. The molecule has 1 atom stereocenters. The molecule has 1 aromatic carbocycles. The van der Waals surface area contributed by atoms with Crippen LogP contribution in [0.1, 0.15) is 45.6 Å². The summed E-state index contributed by atoms with van der Waals surface area (Å²) in [4.78, 5) is 11.8. The van der Waals surface area contributed by atoms with Gasteiger partial charge in [0.05, 0.1) is 11.6 Å². The third-order valence-electron chi connectivity index (χ3n) is 3.86. The molecule has 1 N–H and O–H groups in total. The Balaban J connectivity index is 1.82. The van der Waals surface area contributed by atoms with Crippen LogP contribution in [0.5, 0.6) is 5.75 Å². The van der Waals surface area contributed by atoms with Gasteiger partial charge in [-0.05, 0) is 54.9 Å². The molecule has 0 aliphatic heterocycles. The van der Waals surface area contributed by atoms with Crippen LogP contribution in [-0.4, -0.2) is 18.2 Å². The van der Waals surface area contributed by atoms with Crippen LogP contribution in [0.25, 0.3) is 0 Å². The number of ether oxygens (including phenoxy) is 1. The molecule has 1 aliphatic carbocycles. The van der Waals surface area contributed by atoms with Gasteiger partial charge in [0.2, 0.25) is 0 Å². The summed E-state index contributed by atoms with van der Waals surface area (Å²) in [7, 11) is 0. The van der Waals surface area contributed by atoms with Crippen molar-refractivity contribution in [2.24, 2.45) is 16.4 Å². The van der Waals surface area contributed by atoms with Crippen molar-refractivity contribution in [3.05, 3.63) is 29.8 Å². The molecule has 0 bridgehead atoms. The topological polar surface area (TPSA) is 74.5 Å². The highest BCUT2D eigenvalue weighted by molar-refractivity contribution is 5.87. The van der Waals surface area contributed by atoms with Gasteiger partial charge in [0.15, 0.2) is 6.61 Å². The molecule has 2 rings (SSSR count). The van der Waals surface area contributed by atoms with Crippen LogP contribution in [0.4, 0.5) is 0 Å². The smallest absolute Gasteiger partial charge is 0.277 e. The summed E-state index contributed by atoms with van der Waals surface area (Å²) in [6, 6.07) is 8.68. The fourth-order valence-electron chi connectivity index (χ4n) is 3.15. The predicted octanol–water partition coefficient (Wildman–Crippen LogP) is 3.26. The molecule has 5 heteroatoms. The van der Waals surface area contributed by atoms with Gasteiger partial charge >= 0.3 is 0 Å². The number of rotatable bonds is 4. The van der Waals surface area contributed by atoms with Gasteiger partial charge in [-0.1, -0.05) is 20.8 Å². The van der Waals surface area contributed by atoms with Gasteiger partial charge in [-0.3, -0.25) is 4.79 Å². The Bertz CT molecular complexity index is 627. The number of nitrogens with zero attached hydrogens (tertiary/aromatic N) is 2. The number of carbonyl (C=O) groups is 1. The number of amides is 1. The van der Waals surface area contributed by atoms with E-state index in [1.54, 1.807) is 24.3 Å².